The zero-order valence-electron chi connectivity index (χ0n) is 14.4. The van der Waals surface area contributed by atoms with Gasteiger partial charge in [-0.25, -0.2) is 0 Å². The third kappa shape index (κ3) is 4.17. The third-order valence-electron chi connectivity index (χ3n) is 3.23. The molecule has 0 spiro atoms. The molecule has 1 aromatic carbocycles. The lowest BCUT2D eigenvalue weighted by Gasteiger charge is -2.13. The number of aryl methyl sites for hydroxylation is 1. The summed E-state index contributed by atoms with van der Waals surface area (Å²) in [6.45, 7) is 3.05. The molecule has 0 aliphatic rings. The Kier molecular flexibility index (Phi) is 5.43. The molecule has 0 saturated heterocycles. The lowest BCUT2D eigenvalue weighted by Crippen LogP contribution is -2.19. The van der Waals surface area contributed by atoms with E-state index in [-0.39, 0.29) is 17.1 Å². The van der Waals surface area contributed by atoms with Gasteiger partial charge in [0, 0.05) is 18.6 Å². The Morgan fingerprint density at radius 2 is 1.76 bits per heavy atom. The van der Waals surface area contributed by atoms with E-state index in [1.807, 2.05) is 0 Å². The molecule has 25 heavy (non-hydrogen) atoms. The summed E-state index contributed by atoms with van der Waals surface area (Å²) in [5, 5.41) is 4.09. The van der Waals surface area contributed by atoms with Gasteiger partial charge in [-0.1, -0.05) is 0 Å². The number of carbonyl (C=O) groups is 1. The van der Waals surface area contributed by atoms with Gasteiger partial charge in [-0.2, -0.15) is 9.78 Å². The number of hydrogen-bond acceptors (Lipinski definition) is 7. The van der Waals surface area contributed by atoms with E-state index in [4.69, 9.17) is 19.9 Å². The van der Waals surface area contributed by atoms with Crippen LogP contribution in [0, 0.1) is 6.92 Å². The van der Waals surface area contributed by atoms with E-state index in [2.05, 4.69) is 5.10 Å². The van der Waals surface area contributed by atoms with Gasteiger partial charge in [0.05, 0.1) is 20.4 Å². The summed E-state index contributed by atoms with van der Waals surface area (Å²) in [6, 6.07) is 6.27. The predicted molar refractivity (Wildman–Crippen MR) is 93.7 cm³/mol. The fourth-order valence-corrected chi connectivity index (χ4v) is 2.19. The van der Waals surface area contributed by atoms with Crippen LogP contribution < -0.4 is 25.5 Å². The number of benzene rings is 1. The standard InChI is InChI=1S/C17H19N3O5/c1-10-5-15(18)20(16(22)6-10)19-9-12-7-13(23-3)17(25-11(2)21)14(8-12)24-4/h5-9H,18H2,1-4H3/b19-9-. The molecule has 8 nitrogen and oxygen atoms in total. The van der Waals surface area contributed by atoms with Crippen molar-refractivity contribution in [3.8, 4) is 17.2 Å². The minimum absolute atomic E-state index is 0.168. The van der Waals surface area contributed by atoms with E-state index in [0.29, 0.717) is 17.1 Å². The van der Waals surface area contributed by atoms with Crippen molar-refractivity contribution in [3.05, 3.63) is 45.7 Å². The van der Waals surface area contributed by atoms with E-state index in [1.54, 1.807) is 25.1 Å². The Bertz CT molecular complexity index is 861. The summed E-state index contributed by atoms with van der Waals surface area (Å²) in [6.07, 6.45) is 1.43. The maximum Gasteiger partial charge on any atom is 0.308 e. The molecule has 0 fully saturated rings. The molecule has 1 aromatic heterocycles. The number of nitrogen functional groups attached to an aromatic ring is 1. The molecule has 0 amide bonds. The van der Waals surface area contributed by atoms with Gasteiger partial charge in [0.15, 0.2) is 11.5 Å². The minimum atomic E-state index is -0.503. The molecule has 0 radical (unpaired) electrons. The van der Waals surface area contributed by atoms with Gasteiger partial charge >= 0.3 is 5.97 Å². The second-order valence-electron chi connectivity index (χ2n) is 5.20. The largest absolute Gasteiger partial charge is 0.493 e. The molecule has 0 aliphatic carbocycles. The van der Waals surface area contributed by atoms with Gasteiger partial charge in [0.2, 0.25) is 5.75 Å². The van der Waals surface area contributed by atoms with Crippen LogP contribution >= 0.6 is 0 Å². The zero-order chi connectivity index (χ0) is 18.6. The molecule has 0 bridgehead atoms. The van der Waals surface area contributed by atoms with Gasteiger partial charge in [-0.15, -0.1) is 0 Å². The van der Waals surface area contributed by atoms with Gasteiger partial charge < -0.3 is 19.9 Å². The second-order valence-corrected chi connectivity index (χ2v) is 5.20. The average molecular weight is 345 g/mol. The maximum absolute atomic E-state index is 12.0. The van der Waals surface area contributed by atoms with Crippen LogP contribution in [0.25, 0.3) is 0 Å². The molecule has 0 saturated carbocycles. The number of aromatic nitrogens is 1. The normalized spacial score (nSPS) is 10.7. The SMILES string of the molecule is COc1cc(/C=N\n2c(N)cc(C)cc2=O)cc(OC)c1OC(C)=O. The number of nitrogens with zero attached hydrogens (tertiary/aromatic N) is 2. The highest BCUT2D eigenvalue weighted by Crippen LogP contribution is 2.38. The van der Waals surface area contributed by atoms with E-state index >= 15 is 0 Å². The Morgan fingerprint density at radius 3 is 2.24 bits per heavy atom. The molecule has 8 heteroatoms. The lowest BCUT2D eigenvalue weighted by atomic mass is 10.2. The summed E-state index contributed by atoms with van der Waals surface area (Å²) in [7, 11) is 2.87. The summed E-state index contributed by atoms with van der Waals surface area (Å²) in [4.78, 5) is 23.2. The molecule has 132 valence electrons. The van der Waals surface area contributed by atoms with Crippen molar-refractivity contribution in [2.45, 2.75) is 13.8 Å². The fourth-order valence-electron chi connectivity index (χ4n) is 2.19. The van der Waals surface area contributed by atoms with Crippen molar-refractivity contribution in [2.75, 3.05) is 20.0 Å². The predicted octanol–water partition coefficient (Wildman–Crippen LogP) is 1.56. The summed E-state index contributed by atoms with van der Waals surface area (Å²) in [5.74, 6) is 0.468. The first-order valence-corrected chi connectivity index (χ1v) is 7.33. The molecule has 0 unspecified atom stereocenters. The number of ether oxygens (including phenoxy) is 3. The van der Waals surface area contributed by atoms with Crippen LogP contribution in [0.2, 0.25) is 0 Å². The highest BCUT2D eigenvalue weighted by Gasteiger charge is 2.15. The number of pyridine rings is 1. The Morgan fingerprint density at radius 1 is 1.16 bits per heavy atom. The molecule has 1 heterocycles. The molecular formula is C17H19N3O5. The van der Waals surface area contributed by atoms with Crippen LogP contribution in [-0.2, 0) is 4.79 Å². The number of nitrogens with two attached hydrogens (primary N) is 1. The molecule has 2 rings (SSSR count). The van der Waals surface area contributed by atoms with Crippen molar-refractivity contribution in [1.29, 1.82) is 0 Å². The quantitative estimate of drug-likeness (QED) is 0.501. The van der Waals surface area contributed by atoms with Crippen LogP contribution in [0.15, 0.2) is 34.2 Å². The van der Waals surface area contributed by atoms with Crippen molar-refractivity contribution >= 4 is 18.0 Å². The topological polar surface area (TPSA) is 105 Å². The van der Waals surface area contributed by atoms with E-state index in [0.717, 1.165) is 10.2 Å². The van der Waals surface area contributed by atoms with E-state index in [1.165, 1.54) is 33.4 Å². The second kappa shape index (κ2) is 7.52. The molecule has 2 aromatic rings. The van der Waals surface area contributed by atoms with Crippen LogP contribution in [0.5, 0.6) is 17.2 Å². The number of rotatable bonds is 5. The first-order chi connectivity index (χ1) is 11.8. The fraction of sp³-hybridized carbons (Fsp3) is 0.235. The van der Waals surface area contributed by atoms with Crippen LogP contribution in [0.1, 0.15) is 18.1 Å². The zero-order valence-corrected chi connectivity index (χ0v) is 14.4. The highest BCUT2D eigenvalue weighted by molar-refractivity contribution is 5.83. The number of esters is 1. The number of carbonyl (C=O) groups excluding carboxylic acids is 1. The van der Waals surface area contributed by atoms with Gasteiger partial charge in [0.1, 0.15) is 5.82 Å². The molecule has 0 atom stereocenters. The van der Waals surface area contributed by atoms with Crippen molar-refractivity contribution < 1.29 is 19.0 Å². The minimum Gasteiger partial charge on any atom is -0.493 e. The number of methoxy groups -OCH3 is 2. The van der Waals surface area contributed by atoms with Crippen LogP contribution in [-0.4, -0.2) is 31.1 Å². The van der Waals surface area contributed by atoms with Crippen molar-refractivity contribution in [2.24, 2.45) is 5.10 Å². The highest BCUT2D eigenvalue weighted by atomic mass is 16.6. The molecule has 2 N–H and O–H groups in total. The van der Waals surface area contributed by atoms with Crippen molar-refractivity contribution in [1.82, 2.24) is 4.68 Å². The summed E-state index contributed by atoms with van der Waals surface area (Å²) >= 11 is 0. The first kappa shape index (κ1) is 18.1. The smallest absolute Gasteiger partial charge is 0.308 e. The number of hydrogen-bond donors (Lipinski definition) is 1. The third-order valence-corrected chi connectivity index (χ3v) is 3.23. The average Bonchev–Trinajstić information content (AvgIpc) is 2.54. The Balaban J connectivity index is 2.47. The summed E-state index contributed by atoms with van der Waals surface area (Å²) in [5.41, 5.74) is 6.80. The van der Waals surface area contributed by atoms with Gasteiger partial charge in [-0.3, -0.25) is 9.59 Å². The van der Waals surface area contributed by atoms with E-state index < -0.39 is 5.97 Å². The molecule has 0 aliphatic heterocycles. The Hall–Kier alpha value is -3.29. The van der Waals surface area contributed by atoms with Crippen LogP contribution in [0.3, 0.4) is 0 Å². The van der Waals surface area contributed by atoms with Crippen molar-refractivity contribution in [3.63, 3.8) is 0 Å². The van der Waals surface area contributed by atoms with E-state index in [9.17, 15) is 9.59 Å². The molecular weight excluding hydrogens is 326 g/mol. The lowest BCUT2D eigenvalue weighted by molar-refractivity contribution is -0.132. The van der Waals surface area contributed by atoms with Crippen LogP contribution in [0.4, 0.5) is 5.82 Å². The summed E-state index contributed by atoms with van der Waals surface area (Å²) < 4.78 is 16.7. The first-order valence-electron chi connectivity index (χ1n) is 7.33. The van der Waals surface area contributed by atoms with Gasteiger partial charge in [0.25, 0.3) is 5.56 Å². The number of anilines is 1. The van der Waals surface area contributed by atoms with Gasteiger partial charge in [-0.05, 0) is 30.7 Å². The Labute approximate surface area is 144 Å². The maximum atomic E-state index is 12.0. The monoisotopic (exact) mass is 345 g/mol.